The Bertz CT molecular complexity index is 115. The summed E-state index contributed by atoms with van der Waals surface area (Å²) in [5.74, 6) is 0. The van der Waals surface area contributed by atoms with Crippen LogP contribution in [0.3, 0.4) is 0 Å². The maximum absolute atomic E-state index is 2.71. The number of rotatable bonds is 4. The minimum Gasteiger partial charge on any atom is -0.349 e. The Morgan fingerprint density at radius 3 is 2.00 bits per heavy atom. The Kier molecular flexibility index (Phi) is 4.59. The molecule has 11 heavy (non-hydrogen) atoms. The highest BCUT2D eigenvalue weighted by molar-refractivity contribution is 6.83. The van der Waals surface area contributed by atoms with E-state index in [1.165, 1.54) is 12.1 Å². The van der Waals surface area contributed by atoms with Crippen LogP contribution in [0.4, 0.5) is 0 Å². The molecule has 0 amide bonds. The fourth-order valence-corrected chi connectivity index (χ4v) is 7.02. The third-order valence-corrected chi connectivity index (χ3v) is 11.5. The Morgan fingerprint density at radius 2 is 1.73 bits per heavy atom. The second-order valence-electron chi connectivity index (χ2n) is 3.81. The van der Waals surface area contributed by atoms with E-state index in [1.807, 2.05) is 0 Å². The predicted octanol–water partition coefficient (Wildman–Crippen LogP) is 2.78. The van der Waals surface area contributed by atoms with Gasteiger partial charge in [0, 0.05) is 0 Å². The van der Waals surface area contributed by atoms with Gasteiger partial charge in [-0.2, -0.15) is 0 Å². The second kappa shape index (κ2) is 4.43. The van der Waals surface area contributed by atoms with Crippen molar-refractivity contribution < 1.29 is 0 Å². The molecule has 1 radical (unpaired) electrons. The van der Waals surface area contributed by atoms with Crippen LogP contribution in [0, 0.1) is 0 Å². The minimum atomic E-state index is -0.986. The largest absolute Gasteiger partial charge is 0.349 e. The number of nitrogens with zero attached hydrogens (tertiary/aromatic N) is 1. The molecule has 0 aliphatic heterocycles. The number of hydrogen-bond acceptors (Lipinski definition) is 1. The van der Waals surface area contributed by atoms with E-state index >= 15 is 0 Å². The summed E-state index contributed by atoms with van der Waals surface area (Å²) in [6, 6.07) is 2.75. The van der Waals surface area contributed by atoms with E-state index < -0.39 is 8.24 Å². The average Bonchev–Trinajstić information content (AvgIpc) is 2.01. The summed E-state index contributed by atoms with van der Waals surface area (Å²) in [6.07, 6.45) is 0. The molecule has 0 atom stereocenters. The Labute approximate surface area is 74.6 Å². The van der Waals surface area contributed by atoms with Crippen LogP contribution in [0.25, 0.3) is 0 Å². The molecule has 0 unspecified atom stereocenters. The van der Waals surface area contributed by atoms with Crippen LogP contribution >= 0.6 is 0 Å². The van der Waals surface area contributed by atoms with E-state index in [1.54, 1.807) is 0 Å². The van der Waals surface area contributed by atoms with Crippen LogP contribution in [0.5, 0.6) is 0 Å². The highest BCUT2D eigenvalue weighted by Gasteiger charge is 2.27. The second-order valence-corrected chi connectivity index (χ2v) is 12.1. The van der Waals surface area contributed by atoms with Gasteiger partial charge in [-0.05, 0) is 19.1 Å². The summed E-state index contributed by atoms with van der Waals surface area (Å²) < 4.78 is 2.71. The highest BCUT2D eigenvalue weighted by atomic mass is 28.4. The molecule has 0 aromatic carbocycles. The summed E-state index contributed by atoms with van der Waals surface area (Å²) in [7, 11) is 1.16. The van der Waals surface area contributed by atoms with Crippen LogP contribution in [-0.2, 0) is 0 Å². The normalized spacial score (nSPS) is 13.1. The van der Waals surface area contributed by atoms with Crippen LogP contribution in [-0.4, -0.2) is 28.5 Å². The molecular weight excluding hydrogens is 166 g/mol. The van der Waals surface area contributed by atoms with Crippen LogP contribution in [0.1, 0.15) is 13.8 Å². The first-order valence-electron chi connectivity index (χ1n) is 4.52. The van der Waals surface area contributed by atoms with Gasteiger partial charge in [0.1, 0.15) is 17.2 Å². The zero-order chi connectivity index (χ0) is 9.07. The molecule has 0 aliphatic carbocycles. The summed E-state index contributed by atoms with van der Waals surface area (Å²) in [6.45, 7) is 12.0. The van der Waals surface area contributed by atoms with Crippen LogP contribution in [0.2, 0.25) is 31.7 Å². The van der Waals surface area contributed by atoms with Gasteiger partial charge in [-0.3, -0.25) is 0 Å². The van der Waals surface area contributed by atoms with Crippen molar-refractivity contribution in [3.05, 3.63) is 0 Å². The Morgan fingerprint density at radius 1 is 1.27 bits per heavy atom. The molecule has 0 aromatic rings. The van der Waals surface area contributed by atoms with E-state index in [0.29, 0.717) is 0 Å². The standard InChI is InChI=1S/C8H22NSi2/c1-7-10(4)9(3)11(5,6)8-2/h7-8H2,1-6H3. The lowest BCUT2D eigenvalue weighted by Crippen LogP contribution is -2.52. The fourth-order valence-electron chi connectivity index (χ4n) is 0.991. The van der Waals surface area contributed by atoms with Gasteiger partial charge < -0.3 is 4.23 Å². The third kappa shape index (κ3) is 3.09. The van der Waals surface area contributed by atoms with Gasteiger partial charge in [0.2, 0.25) is 0 Å². The van der Waals surface area contributed by atoms with Gasteiger partial charge in [0.05, 0.1) is 0 Å². The van der Waals surface area contributed by atoms with Gasteiger partial charge >= 0.3 is 0 Å². The maximum Gasteiger partial charge on any atom is 0.125 e. The smallest absolute Gasteiger partial charge is 0.125 e. The van der Waals surface area contributed by atoms with Crippen molar-refractivity contribution in [3.63, 3.8) is 0 Å². The molecule has 67 valence electrons. The maximum atomic E-state index is 2.71. The lowest BCUT2D eigenvalue weighted by Gasteiger charge is -2.36. The third-order valence-electron chi connectivity index (χ3n) is 2.86. The van der Waals surface area contributed by atoms with Crippen molar-refractivity contribution in [2.24, 2.45) is 0 Å². The molecule has 3 heteroatoms. The molecule has 0 saturated carbocycles. The lowest BCUT2D eigenvalue weighted by molar-refractivity contribution is 0.761. The van der Waals surface area contributed by atoms with E-state index in [0.717, 1.165) is 0 Å². The predicted molar refractivity (Wildman–Crippen MR) is 57.8 cm³/mol. The molecule has 0 fully saturated rings. The fraction of sp³-hybridized carbons (Fsp3) is 1.00. The molecule has 0 saturated heterocycles. The molecule has 0 aromatic heterocycles. The summed E-state index contributed by atoms with van der Waals surface area (Å²) in [5.41, 5.74) is 0. The van der Waals surface area contributed by atoms with Crippen molar-refractivity contribution in [2.75, 3.05) is 7.05 Å². The topological polar surface area (TPSA) is 3.24 Å². The monoisotopic (exact) mass is 188 g/mol. The summed E-state index contributed by atoms with van der Waals surface area (Å²) >= 11 is 0. The van der Waals surface area contributed by atoms with Crippen molar-refractivity contribution in [2.45, 2.75) is 45.6 Å². The van der Waals surface area contributed by atoms with E-state index in [2.05, 4.69) is 44.8 Å². The summed E-state index contributed by atoms with van der Waals surface area (Å²) in [4.78, 5) is 0. The first-order chi connectivity index (χ1) is 4.95. The minimum absolute atomic E-state index is 0.181. The van der Waals surface area contributed by atoms with E-state index in [9.17, 15) is 0 Å². The molecule has 0 N–H and O–H groups in total. The van der Waals surface area contributed by atoms with Crippen LogP contribution < -0.4 is 0 Å². The van der Waals surface area contributed by atoms with Crippen molar-refractivity contribution in [3.8, 4) is 0 Å². The lowest BCUT2D eigenvalue weighted by atomic mass is 11.0. The molecule has 0 heterocycles. The van der Waals surface area contributed by atoms with Gasteiger partial charge in [-0.15, -0.1) is 0 Å². The van der Waals surface area contributed by atoms with Gasteiger partial charge in [0.15, 0.2) is 0 Å². The van der Waals surface area contributed by atoms with Crippen molar-refractivity contribution >= 4 is 17.2 Å². The molecular formula is C8H22NSi2. The van der Waals surface area contributed by atoms with Crippen molar-refractivity contribution in [1.82, 2.24) is 4.23 Å². The van der Waals surface area contributed by atoms with Gasteiger partial charge in [-0.25, -0.2) is 0 Å². The number of hydrogen-bond donors (Lipinski definition) is 0. The molecule has 0 aliphatic rings. The first kappa shape index (κ1) is 11.4. The van der Waals surface area contributed by atoms with E-state index in [4.69, 9.17) is 0 Å². The molecule has 0 bridgehead atoms. The van der Waals surface area contributed by atoms with Crippen molar-refractivity contribution in [1.29, 1.82) is 0 Å². The molecule has 0 rings (SSSR count). The van der Waals surface area contributed by atoms with Crippen LogP contribution in [0.15, 0.2) is 0 Å². The molecule has 0 spiro atoms. The zero-order valence-corrected chi connectivity index (χ0v) is 10.9. The quantitative estimate of drug-likeness (QED) is 0.613. The summed E-state index contributed by atoms with van der Waals surface area (Å²) in [5, 5.41) is 0. The zero-order valence-electron chi connectivity index (χ0n) is 8.86. The van der Waals surface area contributed by atoms with E-state index in [-0.39, 0.29) is 8.96 Å². The van der Waals surface area contributed by atoms with Gasteiger partial charge in [0.25, 0.3) is 0 Å². The SMILES string of the molecule is CC[Si](C)N(C)[Si](C)(C)CC. The van der Waals surface area contributed by atoms with Gasteiger partial charge in [-0.1, -0.05) is 33.5 Å². The Hall–Kier alpha value is 0.394. The highest BCUT2D eigenvalue weighted by Crippen LogP contribution is 2.15. The Balaban J connectivity index is 4.10. The first-order valence-corrected chi connectivity index (χ1v) is 9.82. The molecule has 1 nitrogen and oxygen atoms in total. The average molecular weight is 188 g/mol.